The highest BCUT2D eigenvalue weighted by Gasteiger charge is 2.30. The Bertz CT molecular complexity index is 337. The second-order valence-corrected chi connectivity index (χ2v) is 5.59. The zero-order valence-electron chi connectivity index (χ0n) is 9.79. The number of benzene rings is 1. The number of rotatable bonds is 5. The van der Waals surface area contributed by atoms with Gasteiger partial charge in [0.25, 0.3) is 0 Å². The lowest BCUT2D eigenvalue weighted by atomic mass is 10.1. The summed E-state index contributed by atoms with van der Waals surface area (Å²) >= 11 is 3.73. The highest BCUT2D eigenvalue weighted by atomic mass is 79.9. The quantitative estimate of drug-likeness (QED) is 0.579. The number of alkyl halides is 1. The molecule has 0 radical (unpaired) electrons. The van der Waals surface area contributed by atoms with Gasteiger partial charge in [0.15, 0.2) is 0 Å². The molecule has 0 unspecified atom stereocenters. The maximum absolute atomic E-state index is 6.00. The highest BCUT2D eigenvalue weighted by Crippen LogP contribution is 2.38. The smallest absolute Gasteiger partial charge is 0.0955 e. The summed E-state index contributed by atoms with van der Waals surface area (Å²) < 4.78 is 6.00. The van der Waals surface area contributed by atoms with E-state index in [0.717, 1.165) is 13.0 Å². The third-order valence-electron chi connectivity index (χ3n) is 3.15. The third kappa shape index (κ3) is 2.67. The molecular formula is C14H19BrO. The molecule has 0 aromatic heterocycles. The van der Waals surface area contributed by atoms with E-state index in [9.17, 15) is 0 Å². The molecule has 0 spiro atoms. The Morgan fingerprint density at radius 1 is 1.31 bits per heavy atom. The van der Waals surface area contributed by atoms with E-state index in [4.69, 9.17) is 4.74 Å². The zero-order valence-corrected chi connectivity index (χ0v) is 11.4. The Kier molecular flexibility index (Phi) is 4.42. The van der Waals surface area contributed by atoms with E-state index in [1.807, 2.05) is 0 Å². The van der Waals surface area contributed by atoms with Crippen molar-refractivity contribution in [2.24, 2.45) is 0 Å². The monoisotopic (exact) mass is 282 g/mol. The summed E-state index contributed by atoms with van der Waals surface area (Å²) in [5.41, 5.74) is 2.81. The van der Waals surface area contributed by atoms with Crippen molar-refractivity contribution in [2.45, 2.75) is 43.5 Å². The topological polar surface area (TPSA) is 9.23 Å². The van der Waals surface area contributed by atoms with Crippen LogP contribution in [0.1, 0.15) is 43.4 Å². The van der Waals surface area contributed by atoms with Crippen molar-refractivity contribution >= 4 is 15.9 Å². The van der Waals surface area contributed by atoms with Gasteiger partial charge in [-0.3, -0.25) is 0 Å². The van der Waals surface area contributed by atoms with Gasteiger partial charge in [-0.1, -0.05) is 60.0 Å². The molecule has 0 N–H and O–H groups in total. The summed E-state index contributed by atoms with van der Waals surface area (Å²) in [4.78, 5) is 0.450. The largest absolute Gasteiger partial charge is 0.372 e. The van der Waals surface area contributed by atoms with Crippen LogP contribution in [0.3, 0.4) is 0 Å². The summed E-state index contributed by atoms with van der Waals surface area (Å²) in [5.74, 6) is 0. The molecule has 1 aromatic carbocycles. The van der Waals surface area contributed by atoms with Gasteiger partial charge in [0.2, 0.25) is 0 Å². The van der Waals surface area contributed by atoms with E-state index in [-0.39, 0.29) is 6.10 Å². The molecule has 1 aromatic rings. The Morgan fingerprint density at radius 3 is 2.94 bits per heavy atom. The van der Waals surface area contributed by atoms with Crippen molar-refractivity contribution in [1.29, 1.82) is 0 Å². The van der Waals surface area contributed by atoms with E-state index < -0.39 is 0 Å². The molecule has 0 aliphatic heterocycles. The first-order chi connectivity index (χ1) is 7.83. The number of ether oxygens (including phenoxy) is 1. The van der Waals surface area contributed by atoms with Gasteiger partial charge in [0.05, 0.1) is 6.10 Å². The lowest BCUT2D eigenvalue weighted by Gasteiger charge is -2.16. The predicted octanol–water partition coefficient (Wildman–Crippen LogP) is 4.25. The lowest BCUT2D eigenvalue weighted by molar-refractivity contribution is 0.0563. The minimum Gasteiger partial charge on any atom is -0.372 e. The van der Waals surface area contributed by atoms with Gasteiger partial charge in [-0.25, -0.2) is 0 Å². The molecule has 0 fully saturated rings. The third-order valence-corrected chi connectivity index (χ3v) is 3.95. The van der Waals surface area contributed by atoms with Crippen molar-refractivity contribution < 1.29 is 4.74 Å². The number of halogens is 1. The average Bonchev–Trinajstić information content (AvgIpc) is 2.61. The summed E-state index contributed by atoms with van der Waals surface area (Å²) in [6.45, 7) is 3.10. The van der Waals surface area contributed by atoms with E-state index >= 15 is 0 Å². The highest BCUT2D eigenvalue weighted by molar-refractivity contribution is 9.09. The summed E-state index contributed by atoms with van der Waals surface area (Å²) in [6.07, 6.45) is 5.04. The number of fused-ring (bicyclic) bond motifs is 1. The Hall–Kier alpha value is -0.340. The van der Waals surface area contributed by atoms with E-state index in [0.29, 0.717) is 4.83 Å². The molecule has 0 saturated carbocycles. The first-order valence-corrected chi connectivity index (χ1v) is 7.08. The van der Waals surface area contributed by atoms with Crippen molar-refractivity contribution in [1.82, 2.24) is 0 Å². The molecule has 2 heteroatoms. The van der Waals surface area contributed by atoms with Crippen molar-refractivity contribution in [3.8, 4) is 0 Å². The van der Waals surface area contributed by atoms with Crippen molar-refractivity contribution in [3.05, 3.63) is 35.4 Å². The Labute approximate surface area is 106 Å². The average molecular weight is 283 g/mol. The van der Waals surface area contributed by atoms with Crippen LogP contribution in [0, 0.1) is 0 Å². The Morgan fingerprint density at radius 2 is 2.12 bits per heavy atom. The van der Waals surface area contributed by atoms with Gasteiger partial charge in [-0.2, -0.15) is 0 Å². The first kappa shape index (κ1) is 12.1. The van der Waals surface area contributed by atoms with Crippen LogP contribution in [0.2, 0.25) is 0 Å². The number of unbranched alkanes of at least 4 members (excludes halogenated alkanes) is 2. The van der Waals surface area contributed by atoms with Gasteiger partial charge in [-0.15, -0.1) is 0 Å². The molecule has 2 atom stereocenters. The van der Waals surface area contributed by atoms with E-state index in [1.54, 1.807) is 0 Å². The second-order valence-electron chi connectivity index (χ2n) is 4.42. The van der Waals surface area contributed by atoms with Gasteiger partial charge in [0, 0.05) is 11.4 Å². The van der Waals surface area contributed by atoms with E-state index in [2.05, 4.69) is 47.1 Å². The fraction of sp³-hybridized carbons (Fsp3) is 0.571. The minimum absolute atomic E-state index is 0.257. The maximum atomic E-state index is 6.00. The van der Waals surface area contributed by atoms with Crippen LogP contribution < -0.4 is 0 Å². The van der Waals surface area contributed by atoms with Crippen LogP contribution in [0.15, 0.2) is 24.3 Å². The first-order valence-electron chi connectivity index (χ1n) is 6.16. The maximum Gasteiger partial charge on any atom is 0.0955 e. The van der Waals surface area contributed by atoms with Gasteiger partial charge in [0.1, 0.15) is 0 Å². The zero-order chi connectivity index (χ0) is 11.4. The molecule has 2 rings (SSSR count). The molecule has 1 nitrogen and oxygen atoms in total. The fourth-order valence-electron chi connectivity index (χ4n) is 2.27. The van der Waals surface area contributed by atoms with Gasteiger partial charge >= 0.3 is 0 Å². The number of hydrogen-bond acceptors (Lipinski definition) is 1. The summed E-state index contributed by atoms with van der Waals surface area (Å²) in [6, 6.07) is 8.62. The molecule has 0 amide bonds. The molecule has 0 heterocycles. The number of hydrogen-bond donors (Lipinski definition) is 0. The Balaban J connectivity index is 1.94. The molecule has 1 aliphatic carbocycles. The minimum atomic E-state index is 0.257. The fourth-order valence-corrected chi connectivity index (χ4v) is 3.05. The van der Waals surface area contributed by atoms with Crippen LogP contribution in [0.25, 0.3) is 0 Å². The second kappa shape index (κ2) is 5.83. The molecule has 0 saturated heterocycles. The van der Waals surface area contributed by atoms with E-state index in [1.165, 1.54) is 30.4 Å². The van der Waals surface area contributed by atoms with Crippen LogP contribution in [0.4, 0.5) is 0 Å². The SMILES string of the molecule is CCCCCO[C@H]1c2ccccc2C[C@@H]1Br. The van der Waals surface area contributed by atoms with Gasteiger partial charge in [-0.05, 0) is 24.0 Å². The molecule has 0 bridgehead atoms. The normalized spacial score (nSPS) is 23.4. The summed E-state index contributed by atoms with van der Waals surface area (Å²) in [7, 11) is 0. The van der Waals surface area contributed by atoms with Crippen LogP contribution >= 0.6 is 15.9 Å². The predicted molar refractivity (Wildman–Crippen MR) is 71.1 cm³/mol. The standard InChI is InChI=1S/C14H19BrO/c1-2-3-6-9-16-14-12-8-5-4-7-11(12)10-13(14)15/h4-5,7-8,13-14H,2-3,6,9-10H2,1H3/t13-,14-/m0/s1. The molecule has 1 aliphatic rings. The van der Waals surface area contributed by atoms with Crippen molar-refractivity contribution in [3.63, 3.8) is 0 Å². The van der Waals surface area contributed by atoms with Crippen LogP contribution in [-0.4, -0.2) is 11.4 Å². The van der Waals surface area contributed by atoms with Gasteiger partial charge < -0.3 is 4.74 Å². The van der Waals surface area contributed by atoms with Crippen molar-refractivity contribution in [2.75, 3.05) is 6.61 Å². The summed E-state index contributed by atoms with van der Waals surface area (Å²) in [5, 5.41) is 0. The van der Waals surface area contributed by atoms with Crippen LogP contribution in [0.5, 0.6) is 0 Å². The molecular weight excluding hydrogens is 264 g/mol. The van der Waals surface area contributed by atoms with Crippen LogP contribution in [-0.2, 0) is 11.2 Å². The molecule has 16 heavy (non-hydrogen) atoms. The molecule has 88 valence electrons. The lowest BCUT2D eigenvalue weighted by Crippen LogP contribution is -2.11.